The Bertz CT molecular complexity index is 2070. The quantitative estimate of drug-likeness (QED) is 0.211. The van der Waals surface area contributed by atoms with Crippen LogP contribution in [0.15, 0.2) is 97.2 Å². The third-order valence-corrected chi connectivity index (χ3v) is 9.23. The van der Waals surface area contributed by atoms with Gasteiger partial charge in [-0.25, -0.2) is 4.79 Å². The Labute approximate surface area is 289 Å². The highest BCUT2D eigenvalue weighted by molar-refractivity contribution is 6.31. The zero-order valence-corrected chi connectivity index (χ0v) is 27.8. The smallest absolute Gasteiger partial charge is 0.410 e. The standard InChI is InChI=1S/C39H34ClN5O4/c1-43-19-20-45(39(48)49-24-34-31-9-5-3-7-29(31)30-8-4-6-10-32(30)34)35(23-43)38(47)41-28-16-12-25(13-17-28)11-14-26-22-44(2)42-37(26)33-21-27(40)15-18-36(33)46/h3-10,12-13,15-18,21-22,34-35,46H,19-20,23-24H2,1-2H3,(H,41,47)/t35-/m0/s1. The number of likely N-dealkylation sites (N-methyl/N-ethyl adjacent to an activating group) is 1. The van der Waals surface area contributed by atoms with Crippen LogP contribution in [0.2, 0.25) is 5.02 Å². The van der Waals surface area contributed by atoms with E-state index in [2.05, 4.69) is 46.5 Å². The average Bonchev–Trinajstić information content (AvgIpc) is 3.64. The number of ether oxygens (including phenoxy) is 1. The molecule has 0 saturated carbocycles. The van der Waals surface area contributed by atoms with E-state index < -0.39 is 12.1 Å². The number of hydrogen-bond acceptors (Lipinski definition) is 6. The number of halogens is 1. The van der Waals surface area contributed by atoms with Crippen molar-refractivity contribution >= 4 is 29.3 Å². The largest absolute Gasteiger partial charge is 0.507 e. The number of phenolic OH excluding ortho intramolecular Hbond substituents is 1. The molecule has 0 spiro atoms. The molecule has 2 aliphatic rings. The highest BCUT2D eigenvalue weighted by atomic mass is 35.5. The van der Waals surface area contributed by atoms with Crippen molar-refractivity contribution in [3.8, 4) is 40.0 Å². The molecule has 2 amide bonds. The molecule has 9 nitrogen and oxygen atoms in total. The van der Waals surface area contributed by atoms with E-state index >= 15 is 0 Å². The number of nitrogens with zero attached hydrogens (tertiary/aromatic N) is 4. The van der Waals surface area contributed by atoms with Crippen LogP contribution in [-0.4, -0.2) is 76.0 Å². The van der Waals surface area contributed by atoms with Gasteiger partial charge in [0, 0.05) is 60.6 Å². The Hall–Kier alpha value is -5.56. The lowest BCUT2D eigenvalue weighted by Gasteiger charge is -2.38. The molecule has 1 atom stereocenters. The first-order chi connectivity index (χ1) is 23.7. The van der Waals surface area contributed by atoms with Gasteiger partial charge in [-0.3, -0.25) is 14.4 Å². The summed E-state index contributed by atoms with van der Waals surface area (Å²) in [6.07, 6.45) is 1.28. The predicted octanol–water partition coefficient (Wildman–Crippen LogP) is 6.35. The molecule has 1 fully saturated rings. The number of rotatable bonds is 5. The van der Waals surface area contributed by atoms with Crippen molar-refractivity contribution in [1.82, 2.24) is 19.6 Å². The van der Waals surface area contributed by atoms with E-state index in [1.807, 2.05) is 48.3 Å². The molecule has 7 rings (SSSR count). The molecule has 1 aromatic heterocycles. The lowest BCUT2D eigenvalue weighted by Crippen LogP contribution is -2.58. The van der Waals surface area contributed by atoms with Crippen molar-refractivity contribution in [3.63, 3.8) is 0 Å². The third kappa shape index (κ3) is 6.61. The molecule has 0 bridgehead atoms. The summed E-state index contributed by atoms with van der Waals surface area (Å²) in [5, 5.41) is 18.3. The van der Waals surface area contributed by atoms with Gasteiger partial charge in [0.05, 0.1) is 5.56 Å². The van der Waals surface area contributed by atoms with E-state index in [1.54, 1.807) is 42.2 Å². The highest BCUT2D eigenvalue weighted by Gasteiger charge is 2.36. The van der Waals surface area contributed by atoms with Crippen LogP contribution < -0.4 is 5.32 Å². The van der Waals surface area contributed by atoms with Gasteiger partial charge in [0.1, 0.15) is 24.1 Å². The Morgan fingerprint density at radius 2 is 1.61 bits per heavy atom. The molecule has 1 saturated heterocycles. The summed E-state index contributed by atoms with van der Waals surface area (Å²) in [6.45, 7) is 1.59. The number of hydrogen-bond donors (Lipinski definition) is 2. The summed E-state index contributed by atoms with van der Waals surface area (Å²) < 4.78 is 7.55. The Morgan fingerprint density at radius 1 is 0.918 bits per heavy atom. The predicted molar refractivity (Wildman–Crippen MR) is 189 cm³/mol. The number of fused-ring (bicyclic) bond motifs is 3. The van der Waals surface area contributed by atoms with Gasteiger partial charge in [0.25, 0.3) is 0 Å². The summed E-state index contributed by atoms with van der Waals surface area (Å²) in [7, 11) is 3.72. The maximum atomic E-state index is 13.6. The number of nitrogens with one attached hydrogen (secondary N) is 1. The molecular weight excluding hydrogens is 638 g/mol. The fourth-order valence-electron chi connectivity index (χ4n) is 6.52. The van der Waals surface area contributed by atoms with Gasteiger partial charge in [-0.1, -0.05) is 72.0 Å². The van der Waals surface area contributed by atoms with Gasteiger partial charge < -0.3 is 20.1 Å². The zero-order valence-electron chi connectivity index (χ0n) is 27.1. The van der Waals surface area contributed by atoms with Crippen LogP contribution >= 0.6 is 11.6 Å². The third-order valence-electron chi connectivity index (χ3n) is 8.99. The zero-order chi connectivity index (χ0) is 34.1. The van der Waals surface area contributed by atoms with Gasteiger partial charge in [-0.2, -0.15) is 5.10 Å². The van der Waals surface area contributed by atoms with Crippen molar-refractivity contribution in [2.45, 2.75) is 12.0 Å². The van der Waals surface area contributed by atoms with Crippen LogP contribution in [0.5, 0.6) is 5.75 Å². The van der Waals surface area contributed by atoms with Crippen LogP contribution in [0.1, 0.15) is 28.2 Å². The molecule has 1 aliphatic carbocycles. The monoisotopic (exact) mass is 671 g/mol. The summed E-state index contributed by atoms with van der Waals surface area (Å²) in [6, 6.07) is 27.7. The summed E-state index contributed by atoms with van der Waals surface area (Å²) in [5.74, 6) is 5.98. The van der Waals surface area contributed by atoms with Crippen LogP contribution in [0.4, 0.5) is 10.5 Å². The maximum Gasteiger partial charge on any atom is 0.410 e. The van der Waals surface area contributed by atoms with Gasteiger partial charge in [-0.05, 0) is 71.8 Å². The van der Waals surface area contributed by atoms with E-state index in [1.165, 1.54) is 11.0 Å². The van der Waals surface area contributed by atoms with E-state index in [0.717, 1.165) is 27.8 Å². The second-order valence-corrected chi connectivity index (χ2v) is 12.8. The minimum Gasteiger partial charge on any atom is -0.507 e. The summed E-state index contributed by atoms with van der Waals surface area (Å²) >= 11 is 6.16. The van der Waals surface area contributed by atoms with E-state index in [-0.39, 0.29) is 24.2 Å². The minimum atomic E-state index is -0.722. The SMILES string of the molecule is CN1CCN(C(=O)OCC2c3ccccc3-c3ccccc32)[C@H](C(=O)Nc2ccc(C#Cc3cn(C)nc3-c3cc(Cl)ccc3O)cc2)C1. The summed E-state index contributed by atoms with van der Waals surface area (Å²) in [4.78, 5) is 30.7. The highest BCUT2D eigenvalue weighted by Crippen LogP contribution is 2.44. The van der Waals surface area contributed by atoms with E-state index in [4.69, 9.17) is 16.3 Å². The Balaban J connectivity index is 1.02. The molecule has 0 unspecified atom stereocenters. The molecule has 4 aromatic carbocycles. The fourth-order valence-corrected chi connectivity index (χ4v) is 6.69. The minimum absolute atomic E-state index is 0.0626. The normalized spacial score (nSPS) is 15.6. The number of benzene rings is 4. The fraction of sp³-hybridized carbons (Fsp3) is 0.205. The van der Waals surface area contributed by atoms with Gasteiger partial charge in [-0.15, -0.1) is 0 Å². The molecule has 0 radical (unpaired) electrons. The molecule has 1 aliphatic heterocycles. The molecule has 2 heterocycles. The second-order valence-electron chi connectivity index (χ2n) is 12.3. The van der Waals surface area contributed by atoms with Crippen molar-refractivity contribution in [2.24, 2.45) is 7.05 Å². The summed E-state index contributed by atoms with van der Waals surface area (Å²) in [5.41, 5.74) is 7.56. The van der Waals surface area contributed by atoms with Crippen molar-refractivity contribution in [1.29, 1.82) is 0 Å². The van der Waals surface area contributed by atoms with E-state index in [0.29, 0.717) is 47.2 Å². The number of carbonyl (C=O) groups excluding carboxylic acids is 2. The van der Waals surface area contributed by atoms with Crippen LogP contribution in [0.3, 0.4) is 0 Å². The second kappa shape index (κ2) is 13.5. The molecule has 246 valence electrons. The lowest BCUT2D eigenvalue weighted by molar-refractivity contribution is -0.122. The molecule has 10 heteroatoms. The topological polar surface area (TPSA) is 99.9 Å². The average molecular weight is 672 g/mol. The number of carbonyl (C=O) groups is 2. The first-order valence-corrected chi connectivity index (χ1v) is 16.4. The molecule has 49 heavy (non-hydrogen) atoms. The maximum absolute atomic E-state index is 13.6. The number of aromatic hydroxyl groups is 1. The van der Waals surface area contributed by atoms with Crippen molar-refractivity contribution in [3.05, 3.63) is 124 Å². The van der Waals surface area contributed by atoms with Crippen molar-refractivity contribution in [2.75, 3.05) is 38.6 Å². The number of phenols is 1. The Morgan fingerprint density at radius 3 is 2.33 bits per heavy atom. The number of piperazine rings is 1. The van der Waals surface area contributed by atoms with Gasteiger partial charge in [0.15, 0.2) is 0 Å². The number of amides is 2. The Kier molecular flexibility index (Phi) is 8.83. The van der Waals surface area contributed by atoms with Crippen LogP contribution in [0, 0.1) is 11.8 Å². The van der Waals surface area contributed by atoms with Crippen molar-refractivity contribution < 1.29 is 19.4 Å². The first-order valence-electron chi connectivity index (χ1n) is 16.0. The van der Waals surface area contributed by atoms with Gasteiger partial charge in [0.2, 0.25) is 5.91 Å². The van der Waals surface area contributed by atoms with Gasteiger partial charge >= 0.3 is 6.09 Å². The van der Waals surface area contributed by atoms with Crippen LogP contribution in [-0.2, 0) is 16.6 Å². The lowest BCUT2D eigenvalue weighted by atomic mass is 9.98. The first kappa shape index (κ1) is 32.0. The number of anilines is 1. The molecular formula is C39H34ClN5O4. The number of aromatic nitrogens is 2. The molecule has 5 aromatic rings. The van der Waals surface area contributed by atoms with E-state index in [9.17, 15) is 14.7 Å². The van der Waals surface area contributed by atoms with Crippen LogP contribution in [0.25, 0.3) is 22.4 Å². The number of aryl methyl sites for hydroxylation is 1. The molecule has 2 N–H and O–H groups in total.